The SMILES string of the molecule is CN(C)CCc1coc2ccc(-c3cncc(CO)c3)cc12. The average molecular weight is 296 g/mol. The number of benzene rings is 1. The lowest BCUT2D eigenvalue weighted by molar-refractivity contribution is 0.281. The van der Waals surface area contributed by atoms with Crippen LogP contribution in [0.4, 0.5) is 0 Å². The van der Waals surface area contributed by atoms with Gasteiger partial charge in [-0.25, -0.2) is 0 Å². The maximum absolute atomic E-state index is 9.25. The van der Waals surface area contributed by atoms with E-state index in [0.29, 0.717) is 0 Å². The highest BCUT2D eigenvalue weighted by atomic mass is 16.3. The summed E-state index contributed by atoms with van der Waals surface area (Å²) >= 11 is 0. The molecule has 0 aliphatic rings. The van der Waals surface area contributed by atoms with Crippen LogP contribution in [0, 0.1) is 0 Å². The van der Waals surface area contributed by atoms with E-state index in [1.165, 1.54) is 5.56 Å². The van der Waals surface area contributed by atoms with Crippen LogP contribution in [0.5, 0.6) is 0 Å². The molecular formula is C18H20N2O2. The van der Waals surface area contributed by atoms with Crippen molar-refractivity contribution in [2.45, 2.75) is 13.0 Å². The maximum atomic E-state index is 9.25. The van der Waals surface area contributed by atoms with Gasteiger partial charge in [-0.15, -0.1) is 0 Å². The van der Waals surface area contributed by atoms with Gasteiger partial charge in [0.15, 0.2) is 0 Å². The topological polar surface area (TPSA) is 49.5 Å². The zero-order valence-electron chi connectivity index (χ0n) is 12.9. The molecule has 0 atom stereocenters. The van der Waals surface area contributed by atoms with Gasteiger partial charge in [0.05, 0.1) is 12.9 Å². The molecule has 2 aromatic heterocycles. The third-order valence-corrected chi connectivity index (χ3v) is 3.79. The minimum Gasteiger partial charge on any atom is -0.464 e. The smallest absolute Gasteiger partial charge is 0.134 e. The first kappa shape index (κ1) is 14.8. The molecule has 1 aromatic carbocycles. The highest BCUT2D eigenvalue weighted by Gasteiger charge is 2.09. The van der Waals surface area contributed by atoms with Gasteiger partial charge >= 0.3 is 0 Å². The van der Waals surface area contributed by atoms with Crippen LogP contribution in [0.3, 0.4) is 0 Å². The molecule has 0 saturated heterocycles. The molecule has 2 heterocycles. The third-order valence-electron chi connectivity index (χ3n) is 3.79. The number of pyridine rings is 1. The van der Waals surface area contributed by atoms with Crippen LogP contribution in [0.25, 0.3) is 22.1 Å². The Morgan fingerprint density at radius 1 is 1.14 bits per heavy atom. The monoisotopic (exact) mass is 296 g/mol. The summed E-state index contributed by atoms with van der Waals surface area (Å²) in [4.78, 5) is 6.36. The Bertz CT molecular complexity index is 778. The van der Waals surface area contributed by atoms with E-state index in [4.69, 9.17) is 4.42 Å². The lowest BCUT2D eigenvalue weighted by atomic mass is 10.0. The number of hydrogen-bond donors (Lipinski definition) is 1. The Labute approximate surface area is 130 Å². The highest BCUT2D eigenvalue weighted by molar-refractivity contribution is 5.86. The van der Waals surface area contributed by atoms with Crippen LogP contribution in [-0.2, 0) is 13.0 Å². The molecule has 0 unspecified atom stereocenters. The normalized spacial score (nSPS) is 11.5. The fourth-order valence-electron chi connectivity index (χ4n) is 2.53. The predicted molar refractivity (Wildman–Crippen MR) is 87.6 cm³/mol. The number of aromatic nitrogens is 1. The zero-order valence-corrected chi connectivity index (χ0v) is 12.9. The molecular weight excluding hydrogens is 276 g/mol. The minimum absolute atomic E-state index is 0.00286. The van der Waals surface area contributed by atoms with Crippen molar-refractivity contribution in [3.63, 3.8) is 0 Å². The average Bonchev–Trinajstić information content (AvgIpc) is 2.95. The second kappa shape index (κ2) is 6.30. The van der Waals surface area contributed by atoms with Gasteiger partial charge in [0, 0.05) is 29.9 Å². The summed E-state index contributed by atoms with van der Waals surface area (Å²) in [7, 11) is 4.14. The molecule has 3 aromatic rings. The van der Waals surface area contributed by atoms with Gasteiger partial charge in [-0.3, -0.25) is 4.98 Å². The van der Waals surface area contributed by atoms with Crippen LogP contribution in [0.2, 0.25) is 0 Å². The van der Waals surface area contributed by atoms with Crippen LogP contribution in [0.15, 0.2) is 47.3 Å². The highest BCUT2D eigenvalue weighted by Crippen LogP contribution is 2.28. The lowest BCUT2D eigenvalue weighted by Gasteiger charge is -2.08. The van der Waals surface area contributed by atoms with Crippen molar-refractivity contribution in [1.29, 1.82) is 0 Å². The van der Waals surface area contributed by atoms with Crippen LogP contribution in [0.1, 0.15) is 11.1 Å². The summed E-state index contributed by atoms with van der Waals surface area (Å²) in [5.74, 6) is 0. The van der Waals surface area contributed by atoms with Crippen molar-refractivity contribution < 1.29 is 9.52 Å². The summed E-state index contributed by atoms with van der Waals surface area (Å²) < 4.78 is 5.64. The number of aliphatic hydroxyl groups excluding tert-OH is 1. The standard InChI is InChI=1S/C18H20N2O2/c1-20(2)6-5-15-12-22-18-4-3-14(8-17(15)18)16-7-13(11-21)9-19-10-16/h3-4,7-10,12,21H,5-6,11H2,1-2H3. The number of nitrogens with zero attached hydrogens (tertiary/aromatic N) is 2. The number of hydrogen-bond acceptors (Lipinski definition) is 4. The van der Waals surface area contributed by atoms with Crippen molar-refractivity contribution in [3.8, 4) is 11.1 Å². The van der Waals surface area contributed by atoms with E-state index >= 15 is 0 Å². The molecule has 0 aliphatic heterocycles. The first-order valence-electron chi connectivity index (χ1n) is 7.37. The second-order valence-corrected chi connectivity index (χ2v) is 5.77. The molecule has 22 heavy (non-hydrogen) atoms. The minimum atomic E-state index is 0.00286. The van der Waals surface area contributed by atoms with E-state index in [1.54, 1.807) is 6.20 Å². The van der Waals surface area contributed by atoms with Crippen molar-refractivity contribution in [2.75, 3.05) is 20.6 Å². The second-order valence-electron chi connectivity index (χ2n) is 5.77. The van der Waals surface area contributed by atoms with Gasteiger partial charge in [-0.1, -0.05) is 6.07 Å². The maximum Gasteiger partial charge on any atom is 0.134 e. The number of aliphatic hydroxyl groups is 1. The molecule has 0 bridgehead atoms. The molecule has 114 valence electrons. The zero-order chi connectivity index (χ0) is 15.5. The summed E-state index contributed by atoms with van der Waals surface area (Å²) in [6.45, 7) is 0.989. The first-order chi connectivity index (χ1) is 10.7. The van der Waals surface area contributed by atoms with Crippen molar-refractivity contribution >= 4 is 11.0 Å². The van der Waals surface area contributed by atoms with Crippen LogP contribution in [-0.4, -0.2) is 35.6 Å². The summed E-state index contributed by atoms with van der Waals surface area (Å²) in [5, 5.41) is 10.4. The Balaban J connectivity index is 1.98. The molecule has 0 spiro atoms. The van der Waals surface area contributed by atoms with Crippen molar-refractivity contribution in [2.24, 2.45) is 0 Å². The molecule has 0 radical (unpaired) electrons. The van der Waals surface area contributed by atoms with E-state index in [1.807, 2.05) is 30.7 Å². The van der Waals surface area contributed by atoms with Crippen LogP contribution < -0.4 is 0 Å². The molecule has 0 saturated carbocycles. The Morgan fingerprint density at radius 2 is 2.00 bits per heavy atom. The molecule has 3 rings (SSSR count). The quantitative estimate of drug-likeness (QED) is 0.786. The van der Waals surface area contributed by atoms with Gasteiger partial charge in [-0.05, 0) is 55.4 Å². The molecule has 0 aliphatic carbocycles. The van der Waals surface area contributed by atoms with Gasteiger partial charge in [-0.2, -0.15) is 0 Å². The van der Waals surface area contributed by atoms with E-state index in [2.05, 4.69) is 30.0 Å². The summed E-state index contributed by atoms with van der Waals surface area (Å²) in [6.07, 6.45) is 6.31. The Morgan fingerprint density at radius 3 is 2.77 bits per heavy atom. The number of furan rings is 1. The van der Waals surface area contributed by atoms with Gasteiger partial charge < -0.3 is 14.4 Å². The molecule has 4 nitrogen and oxygen atoms in total. The van der Waals surface area contributed by atoms with Gasteiger partial charge in [0.2, 0.25) is 0 Å². The van der Waals surface area contributed by atoms with Gasteiger partial charge in [0.1, 0.15) is 5.58 Å². The van der Waals surface area contributed by atoms with Crippen molar-refractivity contribution in [3.05, 3.63) is 54.0 Å². The predicted octanol–water partition coefficient (Wildman–Crippen LogP) is 3.09. The van der Waals surface area contributed by atoms with Crippen LogP contribution >= 0.6 is 0 Å². The Kier molecular flexibility index (Phi) is 4.22. The Hall–Kier alpha value is -2.17. The fourth-order valence-corrected chi connectivity index (χ4v) is 2.53. The summed E-state index contributed by atoms with van der Waals surface area (Å²) in [5.41, 5.74) is 5.04. The molecule has 0 fully saturated rings. The number of rotatable bonds is 5. The van der Waals surface area contributed by atoms with E-state index < -0.39 is 0 Å². The largest absolute Gasteiger partial charge is 0.464 e. The molecule has 4 heteroatoms. The van der Waals surface area contributed by atoms with E-state index in [9.17, 15) is 5.11 Å². The lowest BCUT2D eigenvalue weighted by Crippen LogP contribution is -2.14. The molecule has 1 N–H and O–H groups in total. The fraction of sp³-hybridized carbons (Fsp3) is 0.278. The van der Waals surface area contributed by atoms with E-state index in [0.717, 1.165) is 40.6 Å². The van der Waals surface area contributed by atoms with Gasteiger partial charge in [0.25, 0.3) is 0 Å². The first-order valence-corrected chi connectivity index (χ1v) is 7.37. The van der Waals surface area contributed by atoms with E-state index in [-0.39, 0.29) is 6.61 Å². The number of fused-ring (bicyclic) bond motifs is 1. The van der Waals surface area contributed by atoms with Crippen molar-refractivity contribution in [1.82, 2.24) is 9.88 Å². The number of likely N-dealkylation sites (N-methyl/N-ethyl adjacent to an activating group) is 1. The summed E-state index contributed by atoms with van der Waals surface area (Å²) in [6, 6.07) is 8.13. The third kappa shape index (κ3) is 3.03. The molecule has 0 amide bonds.